The molecule has 3 heteroatoms. The highest BCUT2D eigenvalue weighted by atomic mass is 19.1. The zero-order valence-electron chi connectivity index (χ0n) is 20.0. The van der Waals surface area contributed by atoms with Gasteiger partial charge in [0.05, 0.1) is 12.2 Å². The lowest BCUT2D eigenvalue weighted by molar-refractivity contribution is -0.0687. The molecule has 0 bridgehead atoms. The first-order chi connectivity index (χ1) is 14.0. The molecule has 2 N–H and O–H groups in total. The van der Waals surface area contributed by atoms with E-state index in [0.29, 0.717) is 29.6 Å². The summed E-state index contributed by atoms with van der Waals surface area (Å²) in [5.74, 6) is 3.05. The van der Waals surface area contributed by atoms with Gasteiger partial charge in [0, 0.05) is 0 Å². The second-order valence-electron chi connectivity index (χ2n) is 12.6. The van der Waals surface area contributed by atoms with E-state index in [9.17, 15) is 14.6 Å². The average Bonchev–Trinajstić information content (AvgIpc) is 3.02. The lowest BCUT2D eigenvalue weighted by atomic mass is 9.47. The Hall–Kier alpha value is -0.410. The van der Waals surface area contributed by atoms with Crippen LogP contribution < -0.4 is 0 Å². The van der Waals surface area contributed by atoms with Crippen molar-refractivity contribution in [3.8, 4) is 0 Å². The molecule has 0 saturated heterocycles. The Morgan fingerprint density at radius 3 is 2.57 bits per heavy atom. The van der Waals surface area contributed by atoms with Gasteiger partial charge in [-0.2, -0.15) is 0 Å². The molecule has 4 aliphatic carbocycles. The summed E-state index contributed by atoms with van der Waals surface area (Å²) in [5, 5.41) is 21.1. The van der Waals surface area contributed by atoms with Crippen molar-refractivity contribution in [1.82, 2.24) is 0 Å². The minimum Gasteiger partial charge on any atom is -0.393 e. The Morgan fingerprint density at radius 2 is 1.87 bits per heavy atom. The van der Waals surface area contributed by atoms with Gasteiger partial charge >= 0.3 is 0 Å². The van der Waals surface area contributed by atoms with Gasteiger partial charge in [0.1, 0.15) is 5.67 Å². The second-order valence-corrected chi connectivity index (χ2v) is 12.6. The maximum absolute atomic E-state index is 14.0. The van der Waals surface area contributed by atoms with Crippen LogP contribution in [0, 0.1) is 40.4 Å². The van der Waals surface area contributed by atoms with Crippen molar-refractivity contribution in [2.45, 2.75) is 117 Å². The molecule has 3 saturated carbocycles. The zero-order chi connectivity index (χ0) is 21.9. The fourth-order valence-electron chi connectivity index (χ4n) is 8.57. The molecule has 0 heterocycles. The van der Waals surface area contributed by atoms with Gasteiger partial charge in [-0.25, -0.2) is 4.39 Å². The first-order valence-electron chi connectivity index (χ1n) is 12.7. The predicted molar refractivity (Wildman–Crippen MR) is 121 cm³/mol. The van der Waals surface area contributed by atoms with Crippen molar-refractivity contribution in [1.29, 1.82) is 0 Å². The molecule has 2 nitrogen and oxygen atoms in total. The maximum atomic E-state index is 14.0. The summed E-state index contributed by atoms with van der Waals surface area (Å²) < 4.78 is 14.0. The highest BCUT2D eigenvalue weighted by molar-refractivity contribution is 5.25. The van der Waals surface area contributed by atoms with Crippen molar-refractivity contribution in [3.63, 3.8) is 0 Å². The van der Waals surface area contributed by atoms with Crippen LogP contribution in [0.25, 0.3) is 0 Å². The third-order valence-corrected chi connectivity index (χ3v) is 10.4. The quantitative estimate of drug-likeness (QED) is 0.502. The maximum Gasteiger partial charge on any atom is 0.105 e. The number of aliphatic hydroxyl groups excluding tert-OH is 2. The smallest absolute Gasteiger partial charge is 0.105 e. The lowest BCUT2D eigenvalue weighted by Gasteiger charge is -2.58. The molecule has 4 rings (SSSR count). The van der Waals surface area contributed by atoms with Gasteiger partial charge in [-0.3, -0.25) is 0 Å². The highest BCUT2D eigenvalue weighted by Gasteiger charge is 2.59. The van der Waals surface area contributed by atoms with Gasteiger partial charge in [-0.15, -0.1) is 0 Å². The van der Waals surface area contributed by atoms with E-state index in [4.69, 9.17) is 0 Å². The van der Waals surface area contributed by atoms with Crippen LogP contribution in [0.3, 0.4) is 0 Å². The minimum atomic E-state index is -1.20. The molecule has 172 valence electrons. The van der Waals surface area contributed by atoms with E-state index in [2.05, 4.69) is 26.8 Å². The van der Waals surface area contributed by atoms with Crippen molar-refractivity contribution >= 4 is 0 Å². The molecular weight excluding hydrogens is 375 g/mol. The number of aliphatic hydroxyl groups is 2. The van der Waals surface area contributed by atoms with Crippen LogP contribution in [0.1, 0.15) is 98.8 Å². The van der Waals surface area contributed by atoms with Gasteiger partial charge in [-0.1, -0.05) is 32.4 Å². The Bertz CT molecular complexity index is 666. The number of allylic oxidation sites excluding steroid dienone is 1. The van der Waals surface area contributed by atoms with E-state index in [1.54, 1.807) is 19.4 Å². The van der Waals surface area contributed by atoms with Gasteiger partial charge in [0.25, 0.3) is 0 Å². The van der Waals surface area contributed by atoms with Crippen LogP contribution in [0.2, 0.25) is 0 Å². The number of halogens is 1. The van der Waals surface area contributed by atoms with Crippen LogP contribution in [-0.2, 0) is 0 Å². The summed E-state index contributed by atoms with van der Waals surface area (Å²) in [5.41, 5.74) is 0.941. The van der Waals surface area contributed by atoms with Crippen molar-refractivity contribution in [2.24, 2.45) is 40.4 Å². The van der Waals surface area contributed by atoms with E-state index in [1.807, 2.05) is 0 Å². The van der Waals surface area contributed by atoms with Crippen molar-refractivity contribution < 1.29 is 14.6 Å². The molecule has 0 aromatic heterocycles. The molecule has 1 unspecified atom stereocenters. The van der Waals surface area contributed by atoms with E-state index in [-0.39, 0.29) is 12.0 Å². The lowest BCUT2D eigenvalue weighted by Crippen LogP contribution is -2.51. The second kappa shape index (κ2) is 7.87. The van der Waals surface area contributed by atoms with Crippen LogP contribution >= 0.6 is 0 Å². The fourth-order valence-corrected chi connectivity index (χ4v) is 8.57. The summed E-state index contributed by atoms with van der Waals surface area (Å²) in [4.78, 5) is 0. The van der Waals surface area contributed by atoms with E-state index in [0.717, 1.165) is 37.0 Å². The molecule has 3 fully saturated rings. The minimum absolute atomic E-state index is 0.137. The molecule has 30 heavy (non-hydrogen) atoms. The molecule has 0 radical (unpaired) electrons. The number of fused-ring (bicyclic) bond motifs is 5. The third-order valence-electron chi connectivity index (χ3n) is 10.4. The molecule has 9 atom stereocenters. The molecule has 0 aromatic rings. The van der Waals surface area contributed by atoms with Gasteiger partial charge in [-0.05, 0) is 118 Å². The standard InChI is InChI=1S/C27H45FO2/c1-17(24(30)12-13-25(2,3)28)21-8-9-22-20-7-6-18-16-19(29)10-14-26(18,4)23(20)11-15-27(21,22)5/h6,17,19-24,29-30H,7-16H2,1-5H3/t17-,19-,20-,21+,22-,23+,24?,26-,27+/m0/s1. The molecule has 0 aliphatic heterocycles. The summed E-state index contributed by atoms with van der Waals surface area (Å²) >= 11 is 0. The van der Waals surface area contributed by atoms with Crippen LogP contribution in [-0.4, -0.2) is 28.1 Å². The van der Waals surface area contributed by atoms with E-state index >= 15 is 0 Å². The van der Waals surface area contributed by atoms with Crippen LogP contribution in [0.5, 0.6) is 0 Å². The number of rotatable bonds is 5. The fraction of sp³-hybridized carbons (Fsp3) is 0.926. The Kier molecular flexibility index (Phi) is 5.97. The SMILES string of the molecule is C[C@H](C(O)CCC(C)(C)F)[C@H]1CC[C@H]2[C@@H]3CC=C4C[C@@H](O)CC[C@]4(C)[C@@H]3CC[C@]12C. The van der Waals surface area contributed by atoms with E-state index < -0.39 is 11.8 Å². The summed E-state index contributed by atoms with van der Waals surface area (Å²) in [6, 6.07) is 0. The Labute approximate surface area is 183 Å². The predicted octanol–water partition coefficient (Wildman–Crippen LogP) is 6.45. The number of alkyl halides is 1. The topological polar surface area (TPSA) is 40.5 Å². The summed E-state index contributed by atoms with van der Waals surface area (Å²) in [6.07, 6.45) is 12.2. The molecule has 4 aliphatic rings. The van der Waals surface area contributed by atoms with Crippen LogP contribution in [0.4, 0.5) is 4.39 Å². The molecule has 0 aromatic carbocycles. The van der Waals surface area contributed by atoms with Gasteiger partial charge < -0.3 is 10.2 Å². The summed E-state index contributed by atoms with van der Waals surface area (Å²) in [7, 11) is 0. The zero-order valence-corrected chi connectivity index (χ0v) is 20.0. The van der Waals surface area contributed by atoms with E-state index in [1.165, 1.54) is 32.1 Å². The highest BCUT2D eigenvalue weighted by Crippen LogP contribution is 2.67. The van der Waals surface area contributed by atoms with Gasteiger partial charge in [0.2, 0.25) is 0 Å². The first-order valence-corrected chi connectivity index (χ1v) is 12.7. The largest absolute Gasteiger partial charge is 0.393 e. The number of hydrogen-bond acceptors (Lipinski definition) is 2. The molecular formula is C27H45FO2. The van der Waals surface area contributed by atoms with Crippen LogP contribution in [0.15, 0.2) is 11.6 Å². The number of hydrogen-bond donors (Lipinski definition) is 2. The normalized spacial score (nSPS) is 45.7. The molecule has 0 spiro atoms. The monoisotopic (exact) mass is 420 g/mol. The first kappa shape index (κ1) is 22.8. The Morgan fingerprint density at radius 1 is 1.13 bits per heavy atom. The van der Waals surface area contributed by atoms with Crippen molar-refractivity contribution in [3.05, 3.63) is 11.6 Å². The Balaban J connectivity index is 1.50. The molecule has 0 amide bonds. The summed E-state index contributed by atoms with van der Waals surface area (Å²) in [6.45, 7) is 10.5. The van der Waals surface area contributed by atoms with Gasteiger partial charge in [0.15, 0.2) is 0 Å². The third kappa shape index (κ3) is 3.81. The average molecular weight is 421 g/mol. The van der Waals surface area contributed by atoms with Crippen molar-refractivity contribution in [2.75, 3.05) is 0 Å².